The molecular weight excluding hydrogens is 176 g/mol. The van der Waals surface area contributed by atoms with Gasteiger partial charge in [0.05, 0.1) is 5.60 Å². The summed E-state index contributed by atoms with van der Waals surface area (Å²) in [4.78, 5) is 0. The van der Waals surface area contributed by atoms with E-state index in [0.29, 0.717) is 0 Å². The summed E-state index contributed by atoms with van der Waals surface area (Å²) < 4.78 is 10.1. The number of hydrogen-bond donors (Lipinski definition) is 3. The van der Waals surface area contributed by atoms with Gasteiger partial charge in [-0.05, 0) is 13.8 Å². The first-order valence-corrected chi connectivity index (χ1v) is 4.15. The maximum absolute atomic E-state index is 9.50. The maximum atomic E-state index is 9.50. The van der Waals surface area contributed by atoms with Crippen LogP contribution in [0.2, 0.25) is 0 Å². The van der Waals surface area contributed by atoms with Crippen molar-refractivity contribution in [2.24, 2.45) is 0 Å². The lowest BCUT2D eigenvalue weighted by atomic mass is 9.90. The van der Waals surface area contributed by atoms with Crippen LogP contribution in [0.4, 0.5) is 0 Å². The van der Waals surface area contributed by atoms with Crippen LogP contribution in [-0.2, 0) is 9.47 Å². The number of hydrogen-bond acceptors (Lipinski definition) is 5. The van der Waals surface area contributed by atoms with Crippen LogP contribution in [0, 0.1) is 0 Å². The molecule has 0 amide bonds. The first-order chi connectivity index (χ1) is 5.90. The van der Waals surface area contributed by atoms with Crippen molar-refractivity contribution >= 4 is 0 Å². The molecule has 1 fully saturated rings. The lowest BCUT2D eigenvalue weighted by molar-refractivity contribution is -0.317. The van der Waals surface area contributed by atoms with Crippen LogP contribution in [0.5, 0.6) is 0 Å². The molecule has 1 heterocycles. The normalized spacial score (nSPS) is 44.8. The minimum atomic E-state index is -1.24. The van der Waals surface area contributed by atoms with E-state index in [1.165, 1.54) is 7.11 Å². The molecule has 0 spiro atoms. The molecule has 13 heavy (non-hydrogen) atoms. The van der Waals surface area contributed by atoms with E-state index in [1.807, 2.05) is 0 Å². The van der Waals surface area contributed by atoms with Gasteiger partial charge in [0.25, 0.3) is 0 Å². The summed E-state index contributed by atoms with van der Waals surface area (Å²) in [5.41, 5.74) is -0.917. The highest BCUT2D eigenvalue weighted by atomic mass is 16.7. The SMILES string of the molecule is COC1OC(C)(C)C(O)C(O)C1O. The minimum Gasteiger partial charge on any atom is -0.387 e. The van der Waals surface area contributed by atoms with E-state index in [0.717, 1.165) is 0 Å². The number of methoxy groups -OCH3 is 1. The van der Waals surface area contributed by atoms with Crippen LogP contribution in [-0.4, -0.2) is 52.6 Å². The fraction of sp³-hybridized carbons (Fsp3) is 1.00. The van der Waals surface area contributed by atoms with Gasteiger partial charge in [0.2, 0.25) is 0 Å². The van der Waals surface area contributed by atoms with Gasteiger partial charge in [-0.3, -0.25) is 0 Å². The van der Waals surface area contributed by atoms with Crippen LogP contribution in [0.15, 0.2) is 0 Å². The Hall–Kier alpha value is -0.200. The molecule has 4 unspecified atom stereocenters. The molecule has 0 radical (unpaired) electrons. The standard InChI is InChI=1S/C8H16O5/c1-8(2)6(11)4(9)5(10)7(12-3)13-8/h4-7,9-11H,1-3H3. The molecule has 1 rings (SSSR count). The quantitative estimate of drug-likeness (QED) is 0.489. The lowest BCUT2D eigenvalue weighted by Crippen LogP contribution is -2.62. The summed E-state index contributed by atoms with van der Waals surface area (Å²) in [6.45, 7) is 3.25. The van der Waals surface area contributed by atoms with E-state index in [1.54, 1.807) is 13.8 Å². The van der Waals surface area contributed by atoms with Crippen molar-refractivity contribution < 1.29 is 24.8 Å². The van der Waals surface area contributed by atoms with Crippen LogP contribution >= 0.6 is 0 Å². The monoisotopic (exact) mass is 192 g/mol. The van der Waals surface area contributed by atoms with E-state index in [9.17, 15) is 15.3 Å². The zero-order valence-electron chi connectivity index (χ0n) is 7.97. The van der Waals surface area contributed by atoms with E-state index in [4.69, 9.17) is 9.47 Å². The molecule has 0 aliphatic carbocycles. The first-order valence-electron chi connectivity index (χ1n) is 4.15. The zero-order valence-corrected chi connectivity index (χ0v) is 7.97. The molecule has 0 aromatic heterocycles. The highest BCUT2D eigenvalue weighted by Crippen LogP contribution is 2.29. The summed E-state index contributed by atoms with van der Waals surface area (Å²) in [6.07, 6.45) is -4.47. The van der Waals surface area contributed by atoms with Gasteiger partial charge in [-0.25, -0.2) is 0 Å². The van der Waals surface area contributed by atoms with E-state index < -0.39 is 30.2 Å². The minimum absolute atomic E-state index is 0.895. The summed E-state index contributed by atoms with van der Waals surface area (Å²) in [5.74, 6) is 0. The van der Waals surface area contributed by atoms with Crippen molar-refractivity contribution in [1.29, 1.82) is 0 Å². The van der Waals surface area contributed by atoms with Crippen molar-refractivity contribution in [3.8, 4) is 0 Å². The van der Waals surface area contributed by atoms with Gasteiger partial charge in [0.1, 0.15) is 18.3 Å². The van der Waals surface area contributed by atoms with Gasteiger partial charge >= 0.3 is 0 Å². The van der Waals surface area contributed by atoms with Gasteiger partial charge in [0.15, 0.2) is 6.29 Å². The Balaban J connectivity index is 2.79. The first kappa shape index (κ1) is 10.9. The molecule has 5 nitrogen and oxygen atoms in total. The molecule has 1 aliphatic rings. The molecule has 5 heteroatoms. The Kier molecular flexibility index (Phi) is 2.94. The van der Waals surface area contributed by atoms with Gasteiger partial charge in [-0.2, -0.15) is 0 Å². The molecule has 1 saturated heterocycles. The molecule has 0 aromatic carbocycles. The predicted molar refractivity (Wildman–Crippen MR) is 44.0 cm³/mol. The average Bonchev–Trinajstić information content (AvgIpc) is 2.08. The van der Waals surface area contributed by atoms with Crippen molar-refractivity contribution in [3.05, 3.63) is 0 Å². The molecule has 3 N–H and O–H groups in total. The Bertz CT molecular complexity index is 179. The van der Waals surface area contributed by atoms with Gasteiger partial charge in [0, 0.05) is 7.11 Å². The second kappa shape index (κ2) is 3.51. The molecule has 1 aliphatic heterocycles. The molecule has 0 saturated carbocycles. The topological polar surface area (TPSA) is 79.2 Å². The second-order valence-electron chi connectivity index (χ2n) is 3.75. The van der Waals surface area contributed by atoms with Crippen LogP contribution < -0.4 is 0 Å². The number of ether oxygens (including phenoxy) is 2. The summed E-state index contributed by atoms with van der Waals surface area (Å²) in [6, 6.07) is 0. The zero-order chi connectivity index (χ0) is 10.2. The smallest absolute Gasteiger partial charge is 0.186 e. The molecular formula is C8H16O5. The van der Waals surface area contributed by atoms with Crippen molar-refractivity contribution in [2.75, 3.05) is 7.11 Å². The van der Waals surface area contributed by atoms with Crippen molar-refractivity contribution in [3.63, 3.8) is 0 Å². The Morgan fingerprint density at radius 2 is 1.69 bits per heavy atom. The third-order valence-corrected chi connectivity index (χ3v) is 2.32. The fourth-order valence-corrected chi connectivity index (χ4v) is 1.39. The van der Waals surface area contributed by atoms with E-state index in [-0.39, 0.29) is 0 Å². The van der Waals surface area contributed by atoms with Crippen molar-refractivity contribution in [1.82, 2.24) is 0 Å². The number of aliphatic hydroxyl groups excluding tert-OH is 3. The van der Waals surface area contributed by atoms with Crippen molar-refractivity contribution in [2.45, 2.75) is 44.1 Å². The Morgan fingerprint density at radius 1 is 1.15 bits per heavy atom. The average molecular weight is 192 g/mol. The van der Waals surface area contributed by atoms with Crippen LogP contribution in [0.1, 0.15) is 13.8 Å². The largest absolute Gasteiger partial charge is 0.387 e. The fourth-order valence-electron chi connectivity index (χ4n) is 1.39. The maximum Gasteiger partial charge on any atom is 0.186 e. The van der Waals surface area contributed by atoms with E-state index in [2.05, 4.69) is 0 Å². The van der Waals surface area contributed by atoms with E-state index >= 15 is 0 Å². The highest BCUT2D eigenvalue weighted by Gasteiger charge is 2.48. The van der Waals surface area contributed by atoms with Gasteiger partial charge < -0.3 is 24.8 Å². The van der Waals surface area contributed by atoms with Crippen LogP contribution in [0.3, 0.4) is 0 Å². The Morgan fingerprint density at radius 3 is 2.15 bits per heavy atom. The summed E-state index contributed by atoms with van der Waals surface area (Å²) in [5, 5.41) is 28.3. The third kappa shape index (κ3) is 1.84. The third-order valence-electron chi connectivity index (χ3n) is 2.32. The summed E-state index contributed by atoms with van der Waals surface area (Å²) in [7, 11) is 1.37. The van der Waals surface area contributed by atoms with Gasteiger partial charge in [-0.15, -0.1) is 0 Å². The molecule has 78 valence electrons. The number of rotatable bonds is 1. The summed E-state index contributed by atoms with van der Waals surface area (Å²) >= 11 is 0. The number of aliphatic hydroxyl groups is 3. The molecule has 0 aromatic rings. The molecule has 4 atom stereocenters. The van der Waals surface area contributed by atoms with Crippen LogP contribution in [0.25, 0.3) is 0 Å². The predicted octanol–water partition coefficient (Wildman–Crippen LogP) is -1.15. The Labute approximate surface area is 76.9 Å². The van der Waals surface area contributed by atoms with Gasteiger partial charge in [-0.1, -0.05) is 0 Å². The lowest BCUT2D eigenvalue weighted by Gasteiger charge is -2.44. The molecule has 0 bridgehead atoms. The second-order valence-corrected chi connectivity index (χ2v) is 3.75. The highest BCUT2D eigenvalue weighted by molar-refractivity contribution is 4.94.